The maximum Gasteiger partial charge on any atom is 0.179 e. The molecule has 10 aromatic carbocycles. The first kappa shape index (κ1) is 32.5. The van der Waals surface area contributed by atoms with Crippen LogP contribution in [0.2, 0.25) is 0 Å². The van der Waals surface area contributed by atoms with Crippen molar-refractivity contribution in [3.8, 4) is 5.69 Å². The predicted octanol–water partition coefficient (Wildman–Crippen LogP) is 12.0. The monoisotopic (exact) mass is 757 g/mol. The van der Waals surface area contributed by atoms with Crippen molar-refractivity contribution in [1.82, 2.24) is 4.57 Å². The van der Waals surface area contributed by atoms with E-state index in [2.05, 4.69) is 217 Å². The van der Waals surface area contributed by atoms with Gasteiger partial charge in [-0.3, -0.25) is 0 Å². The van der Waals surface area contributed by atoms with E-state index >= 15 is 0 Å². The molecule has 1 nitrogen and oxygen atoms in total. The zero-order chi connectivity index (χ0) is 37.5. The molecule has 2 aromatic heterocycles. The zero-order valence-electron chi connectivity index (χ0n) is 31.1. The number of aromatic nitrogens is 1. The molecule has 0 radical (unpaired) electrons. The van der Waals surface area contributed by atoms with Crippen molar-refractivity contribution in [1.29, 1.82) is 0 Å². The van der Waals surface area contributed by atoms with Gasteiger partial charge in [0.05, 0.1) is 11.0 Å². The van der Waals surface area contributed by atoms with Gasteiger partial charge in [-0.25, -0.2) is 0 Å². The molecule has 0 aliphatic heterocycles. The maximum absolute atomic E-state index is 3.03. The first-order valence-electron chi connectivity index (χ1n) is 19.7. The normalized spacial score (nSPS) is 13.1. The van der Waals surface area contributed by atoms with E-state index in [1.54, 1.807) is 0 Å². The molecule has 0 aliphatic carbocycles. The molecule has 1 atom stereocenters. The molecule has 0 aliphatic rings. The Balaban J connectivity index is 1.25. The number of thiophene rings is 1. The molecule has 3 heteroatoms. The molecule has 0 amide bonds. The SMILES string of the molecule is c1ccc(-n2c3ccccc3c3cc([Si](c4ccccc4)(c4ccc5sc6ccccc6c5c4)c4ccc5c6ccccc6c6ccccc6c5c4)ccc32)cc1. The van der Waals surface area contributed by atoms with Crippen molar-refractivity contribution >= 4 is 114 Å². The van der Waals surface area contributed by atoms with Crippen LogP contribution in [0.25, 0.3) is 80.0 Å². The van der Waals surface area contributed by atoms with Crippen LogP contribution < -0.4 is 20.7 Å². The number of rotatable bonds is 5. The molecule has 0 bridgehead atoms. The van der Waals surface area contributed by atoms with Crippen molar-refractivity contribution in [2.75, 3.05) is 0 Å². The fraction of sp³-hybridized carbons (Fsp3) is 0. The molecular weight excluding hydrogens is 723 g/mol. The van der Waals surface area contributed by atoms with Gasteiger partial charge in [0.15, 0.2) is 8.07 Å². The highest BCUT2D eigenvalue weighted by molar-refractivity contribution is 7.26. The smallest absolute Gasteiger partial charge is 0.179 e. The highest BCUT2D eigenvalue weighted by Gasteiger charge is 2.42. The van der Waals surface area contributed by atoms with Gasteiger partial charge >= 0.3 is 0 Å². The van der Waals surface area contributed by atoms with E-state index in [-0.39, 0.29) is 0 Å². The number of benzene rings is 10. The van der Waals surface area contributed by atoms with Gasteiger partial charge in [0.2, 0.25) is 0 Å². The summed E-state index contributed by atoms with van der Waals surface area (Å²) in [6.07, 6.45) is 0. The molecule has 0 saturated carbocycles. The molecule has 12 rings (SSSR count). The lowest BCUT2D eigenvalue weighted by atomic mass is 9.94. The molecule has 266 valence electrons. The van der Waals surface area contributed by atoms with Crippen LogP contribution in [0.4, 0.5) is 0 Å². The van der Waals surface area contributed by atoms with Gasteiger partial charge in [0.25, 0.3) is 0 Å². The van der Waals surface area contributed by atoms with E-state index in [9.17, 15) is 0 Å². The fourth-order valence-corrected chi connectivity index (χ4v) is 15.7. The average molecular weight is 758 g/mol. The van der Waals surface area contributed by atoms with Gasteiger partial charge in [-0.2, -0.15) is 0 Å². The summed E-state index contributed by atoms with van der Waals surface area (Å²) in [7, 11) is -3.03. The van der Waals surface area contributed by atoms with E-state index in [4.69, 9.17) is 0 Å². The Labute approximate surface area is 335 Å². The van der Waals surface area contributed by atoms with Crippen LogP contribution in [0.15, 0.2) is 212 Å². The minimum absolute atomic E-state index is 1.17. The number of hydrogen-bond acceptors (Lipinski definition) is 1. The molecule has 1 unspecified atom stereocenters. The first-order valence-corrected chi connectivity index (χ1v) is 22.5. The summed E-state index contributed by atoms with van der Waals surface area (Å²) < 4.78 is 5.08. The minimum atomic E-state index is -3.03. The van der Waals surface area contributed by atoms with E-state index in [0.717, 1.165) is 0 Å². The van der Waals surface area contributed by atoms with Crippen molar-refractivity contribution in [3.63, 3.8) is 0 Å². The summed E-state index contributed by atoms with van der Waals surface area (Å²) in [5, 5.41) is 18.5. The van der Waals surface area contributed by atoms with Crippen LogP contribution >= 0.6 is 11.3 Å². The van der Waals surface area contributed by atoms with Gasteiger partial charge in [-0.15, -0.1) is 11.3 Å². The minimum Gasteiger partial charge on any atom is -0.309 e. The highest BCUT2D eigenvalue weighted by Crippen LogP contribution is 2.37. The van der Waals surface area contributed by atoms with Crippen LogP contribution in [0.1, 0.15) is 0 Å². The summed E-state index contributed by atoms with van der Waals surface area (Å²) in [5.41, 5.74) is 3.61. The number of nitrogens with zero attached hydrogens (tertiary/aromatic N) is 1. The summed E-state index contributed by atoms with van der Waals surface area (Å²) in [4.78, 5) is 0. The third kappa shape index (κ3) is 4.74. The number of fused-ring (bicyclic) bond motifs is 12. The number of para-hydroxylation sites is 2. The molecule has 0 spiro atoms. The lowest BCUT2D eigenvalue weighted by molar-refractivity contribution is 1.18. The Hall–Kier alpha value is -6.78. The molecule has 12 aromatic rings. The number of hydrogen-bond donors (Lipinski definition) is 0. The Kier molecular flexibility index (Phi) is 7.19. The van der Waals surface area contributed by atoms with E-state index in [0.29, 0.717) is 0 Å². The molecular formula is C54H35NSSi. The second kappa shape index (κ2) is 12.6. The lowest BCUT2D eigenvalue weighted by Gasteiger charge is -2.35. The summed E-state index contributed by atoms with van der Waals surface area (Å²) in [5.74, 6) is 0. The van der Waals surface area contributed by atoms with E-state index < -0.39 is 8.07 Å². The van der Waals surface area contributed by atoms with Crippen LogP contribution in [0, 0.1) is 0 Å². The molecule has 0 saturated heterocycles. The summed E-state index contributed by atoms with van der Waals surface area (Å²) in [6, 6.07) is 80.1. The first-order chi connectivity index (χ1) is 28.3. The Morgan fingerprint density at radius 3 is 1.44 bits per heavy atom. The molecule has 2 heterocycles. The topological polar surface area (TPSA) is 4.93 Å². The summed E-state index contributed by atoms with van der Waals surface area (Å²) in [6.45, 7) is 0. The Morgan fingerprint density at radius 1 is 0.281 bits per heavy atom. The van der Waals surface area contributed by atoms with Crippen molar-refractivity contribution in [2.45, 2.75) is 0 Å². The quantitative estimate of drug-likeness (QED) is 0.0936. The predicted molar refractivity (Wildman–Crippen MR) is 250 cm³/mol. The zero-order valence-corrected chi connectivity index (χ0v) is 32.9. The van der Waals surface area contributed by atoms with Gasteiger partial charge < -0.3 is 4.57 Å². The average Bonchev–Trinajstić information content (AvgIpc) is 3.83. The highest BCUT2D eigenvalue weighted by atomic mass is 32.1. The van der Waals surface area contributed by atoms with Gasteiger partial charge in [-0.05, 0) is 89.5 Å². The van der Waals surface area contributed by atoms with Crippen LogP contribution in [0.5, 0.6) is 0 Å². The van der Waals surface area contributed by atoms with Crippen molar-refractivity contribution in [2.24, 2.45) is 0 Å². The molecule has 57 heavy (non-hydrogen) atoms. The third-order valence-electron chi connectivity index (χ3n) is 12.3. The van der Waals surface area contributed by atoms with Gasteiger partial charge in [0.1, 0.15) is 0 Å². The van der Waals surface area contributed by atoms with E-state index in [1.165, 1.54) is 101 Å². The second-order valence-electron chi connectivity index (χ2n) is 15.2. The van der Waals surface area contributed by atoms with Crippen LogP contribution in [-0.2, 0) is 0 Å². The molecule has 0 fully saturated rings. The van der Waals surface area contributed by atoms with Gasteiger partial charge in [0, 0.05) is 36.6 Å². The largest absolute Gasteiger partial charge is 0.309 e. The Morgan fingerprint density at radius 2 is 0.737 bits per heavy atom. The second-order valence-corrected chi connectivity index (χ2v) is 20.1. The van der Waals surface area contributed by atoms with Crippen molar-refractivity contribution < 1.29 is 0 Å². The van der Waals surface area contributed by atoms with Crippen LogP contribution in [0.3, 0.4) is 0 Å². The fourth-order valence-electron chi connectivity index (χ4n) is 9.85. The third-order valence-corrected chi connectivity index (χ3v) is 18.2. The summed E-state index contributed by atoms with van der Waals surface area (Å²) >= 11 is 1.89. The van der Waals surface area contributed by atoms with Crippen molar-refractivity contribution in [3.05, 3.63) is 212 Å². The Bertz CT molecular complexity index is 3490. The standard InChI is InChI=1S/C54H35NSSi/c1-3-15-36(16-4-1)55-51-25-13-11-23-46(51)49-34-39(28-31-52(49)55)57(37-17-5-2-6-18-37,40-29-32-54-50(35-40)47-24-12-14-26-53(47)56-54)38-27-30-45-43-21-8-7-19-41(43)42-20-9-10-22-44(42)48(45)33-38/h1-35H. The van der Waals surface area contributed by atoms with Gasteiger partial charge in [-0.1, -0.05) is 176 Å². The van der Waals surface area contributed by atoms with Crippen LogP contribution in [-0.4, -0.2) is 12.6 Å². The van der Waals surface area contributed by atoms with E-state index in [1.807, 2.05) is 11.3 Å². The maximum atomic E-state index is 2.57. The lowest BCUT2D eigenvalue weighted by Crippen LogP contribution is -2.74. The molecule has 0 N–H and O–H groups in total.